The number of nitrogens with two attached hydrogens (primary N) is 1. The number of nitrogens with one attached hydrogen (secondary N) is 1. The third-order valence-electron chi connectivity index (χ3n) is 2.92. The van der Waals surface area contributed by atoms with Gasteiger partial charge in [0, 0.05) is 12.2 Å². The fourth-order valence-corrected chi connectivity index (χ4v) is 1.61. The van der Waals surface area contributed by atoms with Gasteiger partial charge in [-0.3, -0.25) is 0 Å². The highest BCUT2D eigenvalue weighted by molar-refractivity contribution is 5.55. The molecule has 0 fully saturated rings. The van der Waals surface area contributed by atoms with Gasteiger partial charge in [-0.2, -0.15) is 0 Å². The fraction of sp³-hybridized carbons (Fsp3) is 0.692. The van der Waals surface area contributed by atoms with Crippen LogP contribution in [0.3, 0.4) is 0 Å². The van der Waals surface area contributed by atoms with Gasteiger partial charge in [0.15, 0.2) is 0 Å². The van der Waals surface area contributed by atoms with E-state index in [0.717, 1.165) is 18.0 Å². The molecular weight excluding hydrogens is 228 g/mol. The summed E-state index contributed by atoms with van der Waals surface area (Å²) in [5, 5.41) is 3.41. The molecule has 0 aliphatic heterocycles. The first-order chi connectivity index (χ1) is 8.45. The van der Waals surface area contributed by atoms with Gasteiger partial charge in [-0.05, 0) is 26.7 Å². The van der Waals surface area contributed by atoms with Crippen molar-refractivity contribution in [2.24, 2.45) is 5.92 Å². The number of rotatable bonds is 6. The summed E-state index contributed by atoms with van der Waals surface area (Å²) in [6.45, 7) is 11.5. The van der Waals surface area contributed by atoms with Crippen LogP contribution in [0.15, 0.2) is 0 Å². The molecule has 1 aromatic rings. The minimum Gasteiger partial charge on any atom is -0.383 e. The minimum absolute atomic E-state index is 0.220. The molecule has 1 aromatic heterocycles. The zero-order chi connectivity index (χ0) is 13.7. The molecular formula is C13H24N4O. The van der Waals surface area contributed by atoms with Crippen molar-refractivity contribution < 1.29 is 4.74 Å². The molecule has 0 amide bonds. The first-order valence-electron chi connectivity index (χ1n) is 6.40. The van der Waals surface area contributed by atoms with Gasteiger partial charge in [0.1, 0.15) is 17.5 Å². The average molecular weight is 252 g/mol. The smallest absolute Gasteiger partial charge is 0.135 e. The number of hydrogen-bond donors (Lipinski definition) is 2. The Bertz CT molecular complexity index is 393. The van der Waals surface area contributed by atoms with Crippen LogP contribution in [-0.2, 0) is 4.74 Å². The number of hydrogen-bond acceptors (Lipinski definition) is 5. The van der Waals surface area contributed by atoms with Crippen molar-refractivity contribution >= 4 is 11.6 Å². The monoisotopic (exact) mass is 252 g/mol. The number of aromatic nitrogens is 2. The number of ether oxygens (including phenoxy) is 1. The quantitative estimate of drug-likeness (QED) is 0.811. The predicted molar refractivity (Wildman–Crippen MR) is 74.7 cm³/mol. The molecule has 3 N–H and O–H groups in total. The second kappa shape index (κ2) is 6.54. The summed E-state index contributed by atoms with van der Waals surface area (Å²) in [4.78, 5) is 8.55. The highest BCUT2D eigenvalue weighted by atomic mass is 16.5. The van der Waals surface area contributed by atoms with Crippen LogP contribution in [0, 0.1) is 19.8 Å². The van der Waals surface area contributed by atoms with E-state index in [-0.39, 0.29) is 6.04 Å². The van der Waals surface area contributed by atoms with Gasteiger partial charge < -0.3 is 15.8 Å². The van der Waals surface area contributed by atoms with Gasteiger partial charge >= 0.3 is 0 Å². The second-order valence-corrected chi connectivity index (χ2v) is 4.78. The Morgan fingerprint density at radius 1 is 1.28 bits per heavy atom. The van der Waals surface area contributed by atoms with Gasteiger partial charge in [-0.15, -0.1) is 0 Å². The Labute approximate surface area is 109 Å². The summed E-state index contributed by atoms with van der Waals surface area (Å²) in [6, 6.07) is 0.220. The fourth-order valence-electron chi connectivity index (χ4n) is 1.61. The molecule has 0 saturated carbocycles. The summed E-state index contributed by atoms with van der Waals surface area (Å²) in [5.74, 6) is 2.47. The van der Waals surface area contributed by atoms with Gasteiger partial charge in [0.05, 0.1) is 12.6 Å². The van der Waals surface area contributed by atoms with Crippen molar-refractivity contribution in [3.05, 3.63) is 11.4 Å². The highest BCUT2D eigenvalue weighted by Crippen LogP contribution is 2.19. The second-order valence-electron chi connectivity index (χ2n) is 4.78. The molecule has 5 heteroatoms. The first-order valence-corrected chi connectivity index (χ1v) is 6.40. The summed E-state index contributed by atoms with van der Waals surface area (Å²) >= 11 is 0. The highest BCUT2D eigenvalue weighted by Gasteiger charge is 2.16. The number of nitrogen functional groups attached to an aromatic ring is 1. The summed E-state index contributed by atoms with van der Waals surface area (Å²) in [7, 11) is 0. The van der Waals surface area contributed by atoms with Gasteiger partial charge in [-0.1, -0.05) is 13.8 Å². The van der Waals surface area contributed by atoms with E-state index in [0.29, 0.717) is 24.2 Å². The maximum absolute atomic E-state index is 5.85. The van der Waals surface area contributed by atoms with Gasteiger partial charge in [0.2, 0.25) is 0 Å². The standard InChI is InChI=1S/C13H24N4O/c1-6-18-7-11(8(2)3)17-13-9(4)12(14)15-10(5)16-13/h8,11H,6-7H2,1-5H3,(H3,14,15,16,17). The summed E-state index contributed by atoms with van der Waals surface area (Å²) in [5.41, 5.74) is 6.74. The van der Waals surface area contributed by atoms with Crippen molar-refractivity contribution in [1.82, 2.24) is 9.97 Å². The molecule has 1 heterocycles. The Morgan fingerprint density at radius 2 is 1.94 bits per heavy atom. The Kier molecular flexibility index (Phi) is 5.34. The first kappa shape index (κ1) is 14.7. The van der Waals surface area contributed by atoms with Gasteiger partial charge in [0.25, 0.3) is 0 Å². The van der Waals surface area contributed by atoms with E-state index in [2.05, 4.69) is 29.1 Å². The zero-order valence-corrected chi connectivity index (χ0v) is 11.9. The normalized spacial score (nSPS) is 12.8. The van der Waals surface area contributed by atoms with E-state index in [1.165, 1.54) is 0 Å². The SMILES string of the molecule is CCOCC(Nc1nc(C)nc(N)c1C)C(C)C. The number of aryl methyl sites for hydroxylation is 1. The third-order valence-corrected chi connectivity index (χ3v) is 2.92. The van der Waals surface area contributed by atoms with E-state index < -0.39 is 0 Å². The lowest BCUT2D eigenvalue weighted by molar-refractivity contribution is 0.126. The predicted octanol–water partition coefficient (Wildman–Crippen LogP) is 2.15. The molecule has 1 rings (SSSR count). The molecule has 0 aromatic carbocycles. The summed E-state index contributed by atoms with van der Waals surface area (Å²) in [6.07, 6.45) is 0. The average Bonchev–Trinajstić information content (AvgIpc) is 2.29. The van der Waals surface area contributed by atoms with Crippen LogP contribution >= 0.6 is 0 Å². The largest absolute Gasteiger partial charge is 0.383 e. The Hall–Kier alpha value is -1.36. The van der Waals surface area contributed by atoms with E-state index in [1.54, 1.807) is 0 Å². The number of anilines is 2. The maximum atomic E-state index is 5.85. The summed E-state index contributed by atoms with van der Waals surface area (Å²) < 4.78 is 5.49. The van der Waals surface area contributed by atoms with Crippen molar-refractivity contribution in [3.63, 3.8) is 0 Å². The molecule has 102 valence electrons. The van der Waals surface area contributed by atoms with Crippen LogP contribution in [0.4, 0.5) is 11.6 Å². The molecule has 0 aliphatic rings. The zero-order valence-electron chi connectivity index (χ0n) is 11.9. The third kappa shape index (κ3) is 3.84. The molecule has 0 spiro atoms. The topological polar surface area (TPSA) is 73.1 Å². The van der Waals surface area contributed by atoms with E-state index in [4.69, 9.17) is 10.5 Å². The molecule has 0 aliphatic carbocycles. The van der Waals surface area contributed by atoms with Crippen molar-refractivity contribution in [2.45, 2.75) is 40.7 Å². The minimum atomic E-state index is 0.220. The molecule has 1 atom stereocenters. The lowest BCUT2D eigenvalue weighted by Crippen LogP contribution is -2.32. The van der Waals surface area contributed by atoms with Crippen LogP contribution in [0.2, 0.25) is 0 Å². The van der Waals surface area contributed by atoms with Crippen LogP contribution in [0.1, 0.15) is 32.2 Å². The van der Waals surface area contributed by atoms with E-state index in [9.17, 15) is 0 Å². The lowest BCUT2D eigenvalue weighted by Gasteiger charge is -2.24. The molecule has 0 radical (unpaired) electrons. The maximum Gasteiger partial charge on any atom is 0.135 e. The van der Waals surface area contributed by atoms with Crippen molar-refractivity contribution in [1.29, 1.82) is 0 Å². The lowest BCUT2D eigenvalue weighted by atomic mass is 10.1. The van der Waals surface area contributed by atoms with Crippen molar-refractivity contribution in [2.75, 3.05) is 24.3 Å². The molecule has 18 heavy (non-hydrogen) atoms. The van der Waals surface area contributed by atoms with E-state index >= 15 is 0 Å². The van der Waals surface area contributed by atoms with Crippen LogP contribution in [0.25, 0.3) is 0 Å². The van der Waals surface area contributed by atoms with Crippen molar-refractivity contribution in [3.8, 4) is 0 Å². The number of nitrogens with zero attached hydrogens (tertiary/aromatic N) is 2. The molecule has 0 saturated heterocycles. The Balaban J connectivity index is 2.86. The van der Waals surface area contributed by atoms with Crippen LogP contribution in [-0.4, -0.2) is 29.2 Å². The van der Waals surface area contributed by atoms with E-state index in [1.807, 2.05) is 20.8 Å². The molecule has 0 bridgehead atoms. The van der Waals surface area contributed by atoms with Gasteiger partial charge in [-0.25, -0.2) is 9.97 Å². The van der Waals surface area contributed by atoms with Crippen LogP contribution < -0.4 is 11.1 Å². The molecule has 1 unspecified atom stereocenters. The Morgan fingerprint density at radius 3 is 2.50 bits per heavy atom. The molecule has 5 nitrogen and oxygen atoms in total. The van der Waals surface area contributed by atoms with Crippen LogP contribution in [0.5, 0.6) is 0 Å².